The van der Waals surface area contributed by atoms with E-state index in [-0.39, 0.29) is 5.91 Å². The first kappa shape index (κ1) is 15.4. The number of carbonyl (C=O) groups excluding carboxylic acids is 1. The summed E-state index contributed by atoms with van der Waals surface area (Å²) in [5.74, 6) is -0.0981. The molecule has 0 aliphatic carbocycles. The number of hydrogen-bond acceptors (Lipinski definition) is 2. The number of halogens is 1. The first-order valence-electron chi connectivity index (χ1n) is 6.91. The number of nitrogens with zero attached hydrogens (tertiary/aromatic N) is 1. The van der Waals surface area contributed by atoms with Crippen molar-refractivity contribution in [2.45, 2.75) is 20.4 Å². The van der Waals surface area contributed by atoms with Gasteiger partial charge in [0.2, 0.25) is 0 Å². The summed E-state index contributed by atoms with van der Waals surface area (Å²) in [7, 11) is 0. The molecule has 0 saturated carbocycles. The molecule has 2 rings (SSSR count). The summed E-state index contributed by atoms with van der Waals surface area (Å²) in [6.45, 7) is 5.16. The van der Waals surface area contributed by atoms with Crippen LogP contribution in [0, 0.1) is 6.92 Å². The zero-order valence-corrected chi connectivity index (χ0v) is 13.0. The van der Waals surface area contributed by atoms with Crippen LogP contribution in [0.25, 0.3) is 0 Å². The fourth-order valence-electron chi connectivity index (χ4n) is 2.24. The minimum absolute atomic E-state index is 0.0981. The molecule has 2 aromatic carbocycles. The molecular weight excluding hydrogens is 284 g/mol. The third-order valence-electron chi connectivity index (χ3n) is 3.37. The number of aryl methyl sites for hydroxylation is 1. The second-order valence-electron chi connectivity index (χ2n) is 5.04. The Kier molecular flexibility index (Phi) is 4.86. The van der Waals surface area contributed by atoms with Gasteiger partial charge in [-0.25, -0.2) is 0 Å². The molecule has 0 radical (unpaired) electrons. The van der Waals surface area contributed by atoms with Gasteiger partial charge in [-0.2, -0.15) is 0 Å². The van der Waals surface area contributed by atoms with Gasteiger partial charge < -0.3 is 10.6 Å². The van der Waals surface area contributed by atoms with E-state index in [1.165, 1.54) is 5.56 Å². The molecule has 0 saturated heterocycles. The maximum atomic E-state index is 12.6. The Morgan fingerprint density at radius 1 is 1.24 bits per heavy atom. The van der Waals surface area contributed by atoms with Crippen molar-refractivity contribution in [2.24, 2.45) is 0 Å². The lowest BCUT2D eigenvalue weighted by molar-refractivity contribution is 0.0753. The Bertz CT molecular complexity index is 655. The van der Waals surface area contributed by atoms with Crippen molar-refractivity contribution in [3.8, 4) is 0 Å². The summed E-state index contributed by atoms with van der Waals surface area (Å²) in [5, 5.41) is 0.513. The SMILES string of the molecule is CCN(Cc1cccc(C)c1)C(=O)c1cc(Cl)ccc1N. The van der Waals surface area contributed by atoms with Gasteiger partial charge in [0, 0.05) is 23.8 Å². The fourth-order valence-corrected chi connectivity index (χ4v) is 2.41. The van der Waals surface area contributed by atoms with Crippen LogP contribution >= 0.6 is 11.6 Å². The second-order valence-corrected chi connectivity index (χ2v) is 5.48. The molecule has 0 heterocycles. The smallest absolute Gasteiger partial charge is 0.256 e. The van der Waals surface area contributed by atoms with Gasteiger partial charge in [-0.1, -0.05) is 41.4 Å². The first-order chi connectivity index (χ1) is 10.0. The van der Waals surface area contributed by atoms with Crippen LogP contribution in [-0.2, 0) is 6.54 Å². The van der Waals surface area contributed by atoms with Crippen LogP contribution in [0.4, 0.5) is 5.69 Å². The van der Waals surface area contributed by atoms with Crippen LogP contribution in [0.2, 0.25) is 5.02 Å². The number of anilines is 1. The molecule has 110 valence electrons. The van der Waals surface area contributed by atoms with E-state index in [1.54, 1.807) is 23.1 Å². The third kappa shape index (κ3) is 3.76. The van der Waals surface area contributed by atoms with E-state index in [2.05, 4.69) is 6.07 Å². The minimum Gasteiger partial charge on any atom is -0.398 e. The number of hydrogen-bond donors (Lipinski definition) is 1. The first-order valence-corrected chi connectivity index (χ1v) is 7.29. The molecular formula is C17H19ClN2O. The molecule has 0 fully saturated rings. The van der Waals surface area contributed by atoms with E-state index in [1.807, 2.05) is 32.0 Å². The number of amides is 1. The van der Waals surface area contributed by atoms with Crippen molar-refractivity contribution < 1.29 is 4.79 Å². The maximum absolute atomic E-state index is 12.6. The summed E-state index contributed by atoms with van der Waals surface area (Å²) in [4.78, 5) is 14.4. The second kappa shape index (κ2) is 6.64. The van der Waals surface area contributed by atoms with Gasteiger partial charge >= 0.3 is 0 Å². The summed E-state index contributed by atoms with van der Waals surface area (Å²) >= 11 is 5.96. The number of nitrogen functional groups attached to an aromatic ring is 1. The summed E-state index contributed by atoms with van der Waals surface area (Å²) in [6, 6.07) is 13.1. The topological polar surface area (TPSA) is 46.3 Å². The molecule has 0 spiro atoms. The van der Waals surface area contributed by atoms with Gasteiger partial charge in [-0.15, -0.1) is 0 Å². The van der Waals surface area contributed by atoms with E-state index < -0.39 is 0 Å². The van der Waals surface area contributed by atoms with Crippen LogP contribution < -0.4 is 5.73 Å². The third-order valence-corrected chi connectivity index (χ3v) is 3.61. The molecule has 4 heteroatoms. The van der Waals surface area contributed by atoms with Gasteiger partial charge in [-0.3, -0.25) is 4.79 Å². The van der Waals surface area contributed by atoms with Crippen LogP contribution in [0.5, 0.6) is 0 Å². The predicted octanol–water partition coefficient (Wildman–Crippen LogP) is 3.89. The Morgan fingerprint density at radius 3 is 2.67 bits per heavy atom. The van der Waals surface area contributed by atoms with Gasteiger partial charge in [0.25, 0.3) is 5.91 Å². The summed E-state index contributed by atoms with van der Waals surface area (Å²) in [5.41, 5.74) is 9.08. The minimum atomic E-state index is -0.0981. The molecule has 21 heavy (non-hydrogen) atoms. The van der Waals surface area contributed by atoms with Crippen molar-refractivity contribution in [2.75, 3.05) is 12.3 Å². The molecule has 2 N–H and O–H groups in total. The molecule has 0 aliphatic heterocycles. The standard InChI is InChI=1S/C17H19ClN2O/c1-3-20(11-13-6-4-5-12(2)9-13)17(21)15-10-14(18)7-8-16(15)19/h4-10H,3,11,19H2,1-2H3. The largest absolute Gasteiger partial charge is 0.398 e. The highest BCUT2D eigenvalue weighted by molar-refractivity contribution is 6.31. The van der Waals surface area contributed by atoms with Gasteiger partial charge in [0.05, 0.1) is 5.56 Å². The molecule has 2 aromatic rings. The van der Waals surface area contributed by atoms with Crippen LogP contribution in [0.3, 0.4) is 0 Å². The van der Waals surface area contributed by atoms with Gasteiger partial charge in [-0.05, 0) is 37.6 Å². The molecule has 0 bridgehead atoms. The average Bonchev–Trinajstić information content (AvgIpc) is 2.46. The zero-order chi connectivity index (χ0) is 15.4. The molecule has 0 aliphatic rings. The normalized spacial score (nSPS) is 10.4. The highest BCUT2D eigenvalue weighted by atomic mass is 35.5. The highest BCUT2D eigenvalue weighted by Crippen LogP contribution is 2.20. The lowest BCUT2D eigenvalue weighted by Crippen LogP contribution is -2.30. The van der Waals surface area contributed by atoms with Crippen molar-refractivity contribution in [3.05, 3.63) is 64.2 Å². The average molecular weight is 303 g/mol. The lowest BCUT2D eigenvalue weighted by atomic mass is 10.1. The monoisotopic (exact) mass is 302 g/mol. The van der Waals surface area contributed by atoms with Crippen LogP contribution in [-0.4, -0.2) is 17.4 Å². The van der Waals surface area contributed by atoms with Gasteiger partial charge in [0.1, 0.15) is 0 Å². The van der Waals surface area contributed by atoms with Crippen molar-refractivity contribution in [3.63, 3.8) is 0 Å². The molecule has 0 atom stereocenters. The van der Waals surface area contributed by atoms with Crippen molar-refractivity contribution in [1.29, 1.82) is 0 Å². The van der Waals surface area contributed by atoms with E-state index in [0.717, 1.165) is 5.56 Å². The number of nitrogens with two attached hydrogens (primary N) is 1. The predicted molar refractivity (Wildman–Crippen MR) is 87.5 cm³/mol. The lowest BCUT2D eigenvalue weighted by Gasteiger charge is -2.22. The quantitative estimate of drug-likeness (QED) is 0.871. The van der Waals surface area contributed by atoms with E-state index in [0.29, 0.717) is 29.4 Å². The highest BCUT2D eigenvalue weighted by Gasteiger charge is 2.17. The number of rotatable bonds is 4. The molecule has 1 amide bonds. The Balaban J connectivity index is 2.24. The van der Waals surface area contributed by atoms with E-state index >= 15 is 0 Å². The number of carbonyl (C=O) groups is 1. The summed E-state index contributed by atoms with van der Waals surface area (Å²) < 4.78 is 0. The number of benzene rings is 2. The summed E-state index contributed by atoms with van der Waals surface area (Å²) in [6.07, 6.45) is 0. The Morgan fingerprint density at radius 2 is 2.00 bits per heavy atom. The Hall–Kier alpha value is -2.00. The van der Waals surface area contributed by atoms with Crippen LogP contribution in [0.15, 0.2) is 42.5 Å². The van der Waals surface area contributed by atoms with E-state index in [4.69, 9.17) is 17.3 Å². The van der Waals surface area contributed by atoms with Crippen molar-refractivity contribution in [1.82, 2.24) is 4.90 Å². The maximum Gasteiger partial charge on any atom is 0.256 e. The molecule has 0 aromatic heterocycles. The van der Waals surface area contributed by atoms with Crippen LogP contribution in [0.1, 0.15) is 28.4 Å². The molecule has 3 nitrogen and oxygen atoms in total. The van der Waals surface area contributed by atoms with Crippen molar-refractivity contribution >= 4 is 23.2 Å². The zero-order valence-electron chi connectivity index (χ0n) is 12.3. The van der Waals surface area contributed by atoms with E-state index in [9.17, 15) is 4.79 Å². The fraction of sp³-hybridized carbons (Fsp3) is 0.235. The Labute approximate surface area is 130 Å². The van der Waals surface area contributed by atoms with Gasteiger partial charge in [0.15, 0.2) is 0 Å². The molecule has 0 unspecified atom stereocenters.